The molecule has 0 aliphatic heterocycles. The first-order valence-electron chi connectivity index (χ1n) is 10.0. The van der Waals surface area contributed by atoms with Gasteiger partial charge >= 0.3 is 5.97 Å². The van der Waals surface area contributed by atoms with Gasteiger partial charge in [0.05, 0.1) is 12.2 Å². The molecule has 3 aromatic carbocycles. The van der Waals surface area contributed by atoms with E-state index in [0.717, 1.165) is 10.8 Å². The minimum atomic E-state index is -0.570. The van der Waals surface area contributed by atoms with Crippen molar-refractivity contribution in [1.82, 2.24) is 0 Å². The Balaban J connectivity index is 1.91. The number of anilines is 1. The summed E-state index contributed by atoms with van der Waals surface area (Å²) in [4.78, 5) is 24.6. The molecular formula is C26H22N2O4. The summed E-state index contributed by atoms with van der Waals surface area (Å²) in [6, 6.07) is 19.6. The third-order valence-electron chi connectivity index (χ3n) is 4.60. The Morgan fingerprint density at radius 2 is 1.84 bits per heavy atom. The lowest BCUT2D eigenvalue weighted by Crippen LogP contribution is -2.14. The lowest BCUT2D eigenvalue weighted by Gasteiger charge is -2.12. The van der Waals surface area contributed by atoms with Crippen LogP contribution in [0.5, 0.6) is 5.75 Å². The second-order valence-corrected chi connectivity index (χ2v) is 6.72. The number of ether oxygens (including phenoxy) is 2. The van der Waals surface area contributed by atoms with Crippen molar-refractivity contribution in [3.05, 3.63) is 90.0 Å². The van der Waals surface area contributed by atoms with Gasteiger partial charge in [0.1, 0.15) is 24.0 Å². The molecule has 0 aliphatic carbocycles. The number of nitrogens with zero attached hydrogens (tertiary/aromatic N) is 1. The molecule has 0 saturated carbocycles. The van der Waals surface area contributed by atoms with Crippen molar-refractivity contribution >= 4 is 34.4 Å². The first-order valence-corrected chi connectivity index (χ1v) is 10.0. The zero-order chi connectivity index (χ0) is 22.9. The number of rotatable bonds is 8. The second-order valence-electron chi connectivity index (χ2n) is 6.72. The molecule has 1 amide bonds. The highest BCUT2D eigenvalue weighted by Crippen LogP contribution is 2.30. The fourth-order valence-corrected chi connectivity index (χ4v) is 3.09. The number of carbonyl (C=O) groups excluding carboxylic acids is 2. The van der Waals surface area contributed by atoms with E-state index < -0.39 is 11.9 Å². The van der Waals surface area contributed by atoms with Gasteiger partial charge in [-0.1, -0.05) is 43.0 Å². The van der Waals surface area contributed by atoms with E-state index in [1.807, 2.05) is 36.4 Å². The smallest absolute Gasteiger partial charge is 0.338 e. The molecule has 3 rings (SSSR count). The zero-order valence-corrected chi connectivity index (χ0v) is 17.6. The largest absolute Gasteiger partial charge is 0.489 e. The highest BCUT2D eigenvalue weighted by molar-refractivity contribution is 6.11. The molecule has 0 aromatic heterocycles. The van der Waals surface area contributed by atoms with E-state index in [1.165, 1.54) is 6.08 Å². The van der Waals surface area contributed by atoms with Crippen LogP contribution in [0.3, 0.4) is 0 Å². The van der Waals surface area contributed by atoms with E-state index in [2.05, 4.69) is 11.9 Å². The zero-order valence-electron chi connectivity index (χ0n) is 17.6. The van der Waals surface area contributed by atoms with Crippen LogP contribution in [0.2, 0.25) is 0 Å². The Morgan fingerprint density at radius 3 is 2.53 bits per heavy atom. The summed E-state index contributed by atoms with van der Waals surface area (Å²) in [6.45, 7) is 5.96. The average Bonchev–Trinajstić information content (AvgIpc) is 2.82. The maximum Gasteiger partial charge on any atom is 0.338 e. The van der Waals surface area contributed by atoms with Crippen LogP contribution >= 0.6 is 0 Å². The van der Waals surface area contributed by atoms with E-state index in [9.17, 15) is 14.9 Å². The van der Waals surface area contributed by atoms with Gasteiger partial charge in [-0.05, 0) is 54.1 Å². The summed E-state index contributed by atoms with van der Waals surface area (Å²) in [7, 11) is 0. The molecule has 160 valence electrons. The van der Waals surface area contributed by atoms with Gasteiger partial charge in [-0.2, -0.15) is 5.26 Å². The molecule has 0 saturated heterocycles. The second kappa shape index (κ2) is 10.6. The Morgan fingerprint density at radius 1 is 1.09 bits per heavy atom. The Hall–Kier alpha value is -4.37. The van der Waals surface area contributed by atoms with Gasteiger partial charge < -0.3 is 14.8 Å². The number of fused-ring (bicyclic) bond motifs is 1. The molecule has 6 heteroatoms. The van der Waals surface area contributed by atoms with Crippen molar-refractivity contribution in [2.75, 3.05) is 18.5 Å². The SMILES string of the molecule is C=CCOc1ccc2ccccc2c1/C=C(\C#N)C(=O)Nc1ccc(C(=O)OCC)cc1. The minimum absolute atomic E-state index is 0.0840. The number of benzene rings is 3. The quantitative estimate of drug-likeness (QED) is 0.234. The Bertz CT molecular complexity index is 1220. The van der Waals surface area contributed by atoms with Gasteiger partial charge in [-0.15, -0.1) is 0 Å². The molecule has 0 radical (unpaired) electrons. The number of esters is 1. The number of hydrogen-bond acceptors (Lipinski definition) is 5. The molecule has 0 bridgehead atoms. The van der Waals surface area contributed by atoms with Crippen LogP contribution in [0.4, 0.5) is 5.69 Å². The fraction of sp³-hybridized carbons (Fsp3) is 0.115. The lowest BCUT2D eigenvalue weighted by atomic mass is 10.0. The topological polar surface area (TPSA) is 88.4 Å². The van der Waals surface area contributed by atoms with Gasteiger partial charge in [0, 0.05) is 11.3 Å². The van der Waals surface area contributed by atoms with Crippen LogP contribution in [0, 0.1) is 11.3 Å². The van der Waals surface area contributed by atoms with Gasteiger partial charge in [-0.25, -0.2) is 4.79 Å². The summed E-state index contributed by atoms with van der Waals surface area (Å²) in [5.74, 6) is -0.465. The predicted molar refractivity (Wildman–Crippen MR) is 124 cm³/mol. The van der Waals surface area contributed by atoms with Gasteiger partial charge in [0.15, 0.2) is 0 Å². The van der Waals surface area contributed by atoms with E-state index >= 15 is 0 Å². The van der Waals surface area contributed by atoms with E-state index in [1.54, 1.807) is 43.3 Å². The van der Waals surface area contributed by atoms with Crippen LogP contribution in [0.1, 0.15) is 22.8 Å². The minimum Gasteiger partial charge on any atom is -0.489 e. The highest BCUT2D eigenvalue weighted by Gasteiger charge is 2.14. The van der Waals surface area contributed by atoms with E-state index in [0.29, 0.717) is 29.2 Å². The number of nitrogens with one attached hydrogen (secondary N) is 1. The van der Waals surface area contributed by atoms with Crippen LogP contribution in [-0.2, 0) is 9.53 Å². The first kappa shape index (κ1) is 22.3. The summed E-state index contributed by atoms with van der Waals surface area (Å²) in [5, 5.41) is 14.1. The molecule has 32 heavy (non-hydrogen) atoms. The molecule has 3 aromatic rings. The molecular weight excluding hydrogens is 404 g/mol. The standard InChI is InChI=1S/C26H22N2O4/c1-3-15-32-24-14-11-18-7-5-6-8-22(18)23(24)16-20(17-27)25(29)28-21-12-9-19(10-13-21)26(30)31-4-2/h3,5-14,16H,1,4,15H2,2H3,(H,28,29)/b20-16+. The fourth-order valence-electron chi connectivity index (χ4n) is 3.09. The Kier molecular flexibility index (Phi) is 7.39. The van der Waals surface area contributed by atoms with Crippen LogP contribution in [-0.4, -0.2) is 25.1 Å². The monoisotopic (exact) mass is 426 g/mol. The van der Waals surface area contributed by atoms with Crippen molar-refractivity contribution in [2.24, 2.45) is 0 Å². The summed E-state index contributed by atoms with van der Waals surface area (Å²) < 4.78 is 10.7. The number of carbonyl (C=O) groups is 2. The third-order valence-corrected chi connectivity index (χ3v) is 4.60. The summed E-state index contributed by atoms with van der Waals surface area (Å²) >= 11 is 0. The third kappa shape index (κ3) is 5.21. The van der Waals surface area contributed by atoms with Crippen LogP contribution < -0.4 is 10.1 Å². The predicted octanol–water partition coefficient (Wildman–Crippen LogP) is 5.13. The maximum absolute atomic E-state index is 12.8. The van der Waals surface area contributed by atoms with E-state index in [-0.39, 0.29) is 12.2 Å². The van der Waals surface area contributed by atoms with E-state index in [4.69, 9.17) is 9.47 Å². The van der Waals surface area contributed by atoms with Gasteiger partial charge in [0.2, 0.25) is 0 Å². The normalized spacial score (nSPS) is 10.8. The lowest BCUT2D eigenvalue weighted by molar-refractivity contribution is -0.112. The molecule has 0 heterocycles. The highest BCUT2D eigenvalue weighted by atomic mass is 16.5. The maximum atomic E-state index is 12.8. The molecule has 6 nitrogen and oxygen atoms in total. The van der Waals surface area contributed by atoms with Crippen molar-refractivity contribution in [3.63, 3.8) is 0 Å². The molecule has 0 aliphatic rings. The van der Waals surface area contributed by atoms with Gasteiger partial charge in [0.25, 0.3) is 5.91 Å². The molecule has 0 fully saturated rings. The van der Waals surface area contributed by atoms with Crippen molar-refractivity contribution in [1.29, 1.82) is 5.26 Å². The summed E-state index contributed by atoms with van der Waals surface area (Å²) in [5.41, 5.74) is 1.37. The van der Waals surface area contributed by atoms with Crippen LogP contribution in [0.15, 0.2) is 78.9 Å². The number of amides is 1. The molecule has 1 N–H and O–H groups in total. The first-order chi connectivity index (χ1) is 15.6. The summed E-state index contributed by atoms with van der Waals surface area (Å²) in [6.07, 6.45) is 3.14. The van der Waals surface area contributed by atoms with Crippen molar-refractivity contribution in [2.45, 2.75) is 6.92 Å². The van der Waals surface area contributed by atoms with Crippen molar-refractivity contribution in [3.8, 4) is 11.8 Å². The van der Waals surface area contributed by atoms with Crippen LogP contribution in [0.25, 0.3) is 16.8 Å². The number of hydrogen-bond donors (Lipinski definition) is 1. The number of nitriles is 1. The Labute approximate surface area is 186 Å². The molecule has 0 spiro atoms. The van der Waals surface area contributed by atoms with Crippen molar-refractivity contribution < 1.29 is 19.1 Å². The average molecular weight is 426 g/mol. The molecule has 0 atom stereocenters. The molecule has 0 unspecified atom stereocenters. The van der Waals surface area contributed by atoms with Gasteiger partial charge in [-0.3, -0.25) is 4.79 Å².